The fourth-order valence-electron chi connectivity index (χ4n) is 1.92. The van der Waals surface area contributed by atoms with E-state index >= 15 is 0 Å². The molecule has 3 heterocycles. The van der Waals surface area contributed by atoms with Gasteiger partial charge in [-0.05, 0) is 11.6 Å². The summed E-state index contributed by atoms with van der Waals surface area (Å²) in [5.74, 6) is 0.438. The number of nitrogens with one attached hydrogen (secondary N) is 2. The highest BCUT2D eigenvalue weighted by molar-refractivity contribution is 6.28. The van der Waals surface area contributed by atoms with Crippen LogP contribution in [0, 0.1) is 0 Å². The van der Waals surface area contributed by atoms with Gasteiger partial charge in [0, 0.05) is 13.0 Å². The summed E-state index contributed by atoms with van der Waals surface area (Å²) in [5, 5.41) is 5.99. The Balaban J connectivity index is 2.02. The van der Waals surface area contributed by atoms with E-state index in [1.165, 1.54) is 6.20 Å². The predicted octanol–water partition coefficient (Wildman–Crippen LogP) is 0.653. The summed E-state index contributed by atoms with van der Waals surface area (Å²) >= 11 is 5.70. The molecule has 1 aromatic rings. The summed E-state index contributed by atoms with van der Waals surface area (Å²) in [4.78, 5) is 19.8. The van der Waals surface area contributed by atoms with Crippen molar-refractivity contribution in [2.75, 3.05) is 23.8 Å². The lowest BCUT2D eigenvalue weighted by Gasteiger charge is -2.33. The maximum atomic E-state index is 11.9. The van der Waals surface area contributed by atoms with E-state index in [1.54, 1.807) is 0 Å². The van der Waals surface area contributed by atoms with Crippen LogP contribution in [0.15, 0.2) is 6.20 Å². The number of halogens is 1. The highest BCUT2D eigenvalue weighted by Gasteiger charge is 2.46. The summed E-state index contributed by atoms with van der Waals surface area (Å²) in [6, 6.07) is 0. The number of anilines is 2. The van der Waals surface area contributed by atoms with E-state index in [0.717, 1.165) is 0 Å². The van der Waals surface area contributed by atoms with E-state index in [2.05, 4.69) is 20.6 Å². The van der Waals surface area contributed by atoms with Gasteiger partial charge >= 0.3 is 0 Å². The van der Waals surface area contributed by atoms with Crippen LogP contribution in [0.5, 0.6) is 0 Å². The minimum absolute atomic E-state index is 0.108. The molecule has 1 unspecified atom stereocenters. The Morgan fingerprint density at radius 2 is 2.44 bits per heavy atom. The summed E-state index contributed by atoms with van der Waals surface area (Å²) in [6.07, 6.45) is 2.11. The molecular weight excluding hydrogens is 232 g/mol. The first kappa shape index (κ1) is 9.80. The molecule has 1 aromatic heterocycles. The molecule has 0 saturated carbocycles. The Bertz CT molecular complexity index is 459. The number of fused-ring (bicyclic) bond motifs is 1. The molecule has 7 heteroatoms. The molecule has 2 aliphatic heterocycles. The highest BCUT2D eigenvalue weighted by Crippen LogP contribution is 2.33. The van der Waals surface area contributed by atoms with Crippen LogP contribution in [-0.4, -0.2) is 34.6 Å². The molecule has 1 amide bonds. The number of carbonyl (C=O) groups is 1. The van der Waals surface area contributed by atoms with Crippen molar-refractivity contribution in [3.8, 4) is 0 Å². The highest BCUT2D eigenvalue weighted by atomic mass is 35.5. The lowest BCUT2D eigenvalue weighted by Crippen LogP contribution is -2.53. The van der Waals surface area contributed by atoms with E-state index in [0.29, 0.717) is 31.1 Å². The summed E-state index contributed by atoms with van der Waals surface area (Å²) < 4.78 is 5.25. The van der Waals surface area contributed by atoms with Gasteiger partial charge in [0.1, 0.15) is 11.2 Å². The van der Waals surface area contributed by atoms with Crippen molar-refractivity contribution in [3.05, 3.63) is 11.5 Å². The molecule has 0 bridgehead atoms. The quantitative estimate of drug-likeness (QED) is 0.652. The molecule has 0 aliphatic carbocycles. The smallest absolute Gasteiger partial charge is 0.252 e. The molecule has 3 rings (SSSR count). The van der Waals surface area contributed by atoms with Crippen LogP contribution in [0.1, 0.15) is 6.42 Å². The van der Waals surface area contributed by atoms with Gasteiger partial charge in [0.2, 0.25) is 5.28 Å². The van der Waals surface area contributed by atoms with Gasteiger partial charge in [0.15, 0.2) is 5.82 Å². The monoisotopic (exact) mass is 240 g/mol. The van der Waals surface area contributed by atoms with Gasteiger partial charge in [-0.1, -0.05) is 0 Å². The molecule has 0 radical (unpaired) electrons. The summed E-state index contributed by atoms with van der Waals surface area (Å²) in [5.41, 5.74) is -0.156. The van der Waals surface area contributed by atoms with Crippen molar-refractivity contribution in [2.45, 2.75) is 12.0 Å². The minimum atomic E-state index is -0.704. The van der Waals surface area contributed by atoms with Crippen LogP contribution in [0.25, 0.3) is 0 Å². The Kier molecular flexibility index (Phi) is 2.02. The number of nitrogens with zero attached hydrogens (tertiary/aromatic N) is 2. The zero-order chi connectivity index (χ0) is 11.2. The normalized spacial score (nSPS) is 27.4. The largest absolute Gasteiger partial charge is 0.378 e. The van der Waals surface area contributed by atoms with Gasteiger partial charge in [0.05, 0.1) is 12.8 Å². The number of amides is 1. The van der Waals surface area contributed by atoms with Crippen molar-refractivity contribution < 1.29 is 9.53 Å². The lowest BCUT2D eigenvalue weighted by molar-refractivity contribution is -0.120. The standard InChI is InChI=1S/C9H9ClN4O2/c10-8-11-3-5-6(13-8)14-9(7(15)12-5)1-2-16-4-9/h3H,1-2,4H2,(H,12,15)(H,11,13,14). The van der Waals surface area contributed by atoms with Gasteiger partial charge in [-0.15, -0.1) is 0 Å². The molecule has 0 aromatic carbocycles. The van der Waals surface area contributed by atoms with E-state index in [9.17, 15) is 4.79 Å². The van der Waals surface area contributed by atoms with Crippen molar-refractivity contribution >= 4 is 29.0 Å². The zero-order valence-corrected chi connectivity index (χ0v) is 9.04. The third kappa shape index (κ3) is 1.34. The molecule has 1 fully saturated rings. The first-order chi connectivity index (χ1) is 7.70. The minimum Gasteiger partial charge on any atom is -0.378 e. The molecular formula is C9H9ClN4O2. The average Bonchev–Trinajstić information content (AvgIpc) is 2.70. The second-order valence-electron chi connectivity index (χ2n) is 3.87. The molecule has 2 aliphatic rings. The van der Waals surface area contributed by atoms with Gasteiger partial charge in [-0.25, -0.2) is 4.98 Å². The van der Waals surface area contributed by atoms with Crippen molar-refractivity contribution in [1.82, 2.24) is 9.97 Å². The topological polar surface area (TPSA) is 76.1 Å². The lowest BCUT2D eigenvalue weighted by atomic mass is 9.95. The maximum Gasteiger partial charge on any atom is 0.252 e. The first-order valence-electron chi connectivity index (χ1n) is 4.90. The van der Waals surface area contributed by atoms with Crippen LogP contribution in [-0.2, 0) is 9.53 Å². The molecule has 16 heavy (non-hydrogen) atoms. The van der Waals surface area contributed by atoms with Gasteiger partial charge in [0.25, 0.3) is 5.91 Å². The predicted molar refractivity (Wildman–Crippen MR) is 57.5 cm³/mol. The maximum absolute atomic E-state index is 11.9. The van der Waals surface area contributed by atoms with E-state index in [1.807, 2.05) is 0 Å². The molecule has 1 saturated heterocycles. The van der Waals surface area contributed by atoms with Crippen molar-refractivity contribution in [1.29, 1.82) is 0 Å². The van der Waals surface area contributed by atoms with Crippen molar-refractivity contribution in [3.63, 3.8) is 0 Å². The number of hydrogen-bond acceptors (Lipinski definition) is 5. The van der Waals surface area contributed by atoms with E-state index in [4.69, 9.17) is 16.3 Å². The Hall–Kier alpha value is -1.40. The van der Waals surface area contributed by atoms with Crippen LogP contribution >= 0.6 is 11.6 Å². The number of carbonyl (C=O) groups excluding carboxylic acids is 1. The Morgan fingerprint density at radius 3 is 3.19 bits per heavy atom. The number of ether oxygens (including phenoxy) is 1. The number of aromatic nitrogens is 2. The van der Waals surface area contributed by atoms with Gasteiger partial charge in [-0.3, -0.25) is 4.79 Å². The number of rotatable bonds is 0. The zero-order valence-electron chi connectivity index (χ0n) is 8.29. The average molecular weight is 241 g/mol. The SMILES string of the molecule is O=C1Nc2cnc(Cl)nc2NC12CCOC2. The molecule has 2 N–H and O–H groups in total. The van der Waals surface area contributed by atoms with Crippen LogP contribution in [0.4, 0.5) is 11.5 Å². The fraction of sp³-hybridized carbons (Fsp3) is 0.444. The number of hydrogen-bond donors (Lipinski definition) is 2. The molecule has 1 atom stereocenters. The molecule has 84 valence electrons. The van der Waals surface area contributed by atoms with Gasteiger partial charge in [-0.2, -0.15) is 4.98 Å². The van der Waals surface area contributed by atoms with E-state index < -0.39 is 5.54 Å². The third-order valence-corrected chi connectivity index (χ3v) is 3.00. The third-order valence-electron chi connectivity index (χ3n) is 2.82. The van der Waals surface area contributed by atoms with Gasteiger partial charge < -0.3 is 15.4 Å². The Labute approximate surface area is 96.4 Å². The first-order valence-corrected chi connectivity index (χ1v) is 5.27. The van der Waals surface area contributed by atoms with E-state index in [-0.39, 0.29) is 11.2 Å². The fourth-order valence-corrected chi connectivity index (χ4v) is 2.05. The van der Waals surface area contributed by atoms with Crippen LogP contribution in [0.3, 0.4) is 0 Å². The van der Waals surface area contributed by atoms with Crippen molar-refractivity contribution in [2.24, 2.45) is 0 Å². The summed E-state index contributed by atoms with van der Waals surface area (Å²) in [7, 11) is 0. The van der Waals surface area contributed by atoms with Crippen LogP contribution < -0.4 is 10.6 Å². The van der Waals surface area contributed by atoms with Crippen LogP contribution in [0.2, 0.25) is 5.28 Å². The molecule has 1 spiro atoms. The Morgan fingerprint density at radius 1 is 1.56 bits per heavy atom. The second kappa shape index (κ2) is 3.29. The summed E-state index contributed by atoms with van der Waals surface area (Å²) in [6.45, 7) is 0.911. The molecule has 6 nitrogen and oxygen atoms in total. The second-order valence-corrected chi connectivity index (χ2v) is 4.20.